The minimum Gasteiger partial charge on any atom is -0.459 e. The first-order chi connectivity index (χ1) is 17.0. The van der Waals surface area contributed by atoms with E-state index in [1.165, 1.54) is 0 Å². The van der Waals surface area contributed by atoms with Crippen LogP contribution in [0, 0.1) is 0 Å². The number of ether oxygens (including phenoxy) is 2. The number of anilines is 1. The number of halogens is 1. The van der Waals surface area contributed by atoms with Crippen LogP contribution in [-0.4, -0.2) is 46.1 Å². The first-order valence-corrected chi connectivity index (χ1v) is 12.3. The van der Waals surface area contributed by atoms with Gasteiger partial charge in [-0.05, 0) is 39.0 Å². The molecule has 1 aromatic heterocycles. The van der Waals surface area contributed by atoms with Crippen LogP contribution in [0.3, 0.4) is 0 Å². The fraction of sp³-hybridized carbons (Fsp3) is 0.370. The van der Waals surface area contributed by atoms with Crippen molar-refractivity contribution in [2.75, 3.05) is 18.4 Å². The van der Waals surface area contributed by atoms with Crippen molar-refractivity contribution < 1.29 is 23.9 Å². The van der Waals surface area contributed by atoms with Gasteiger partial charge in [0.2, 0.25) is 0 Å². The largest absolute Gasteiger partial charge is 0.459 e. The second-order valence-corrected chi connectivity index (χ2v) is 10.7. The zero-order chi connectivity index (χ0) is 25.7. The molecule has 1 spiro atoms. The molecule has 2 aromatic carbocycles. The lowest BCUT2D eigenvalue weighted by Gasteiger charge is -2.44. The van der Waals surface area contributed by atoms with Crippen LogP contribution in [0.2, 0.25) is 5.02 Å². The molecule has 1 fully saturated rings. The number of carbonyl (C=O) groups is 3. The molecule has 5 rings (SSSR count). The highest BCUT2D eigenvalue weighted by atomic mass is 35.5. The van der Waals surface area contributed by atoms with Gasteiger partial charge in [0.15, 0.2) is 0 Å². The minimum atomic E-state index is -0.756. The molecule has 2 aliphatic rings. The molecule has 0 radical (unpaired) electrons. The van der Waals surface area contributed by atoms with Gasteiger partial charge < -0.3 is 18.9 Å². The van der Waals surface area contributed by atoms with Crippen molar-refractivity contribution in [2.24, 2.45) is 0 Å². The number of fused-ring (bicyclic) bond motifs is 3. The Bertz CT molecular complexity index is 1370. The van der Waals surface area contributed by atoms with Crippen LogP contribution in [0.25, 0.3) is 10.9 Å². The van der Waals surface area contributed by atoms with Gasteiger partial charge in [-0.3, -0.25) is 14.9 Å². The second kappa shape index (κ2) is 8.85. The van der Waals surface area contributed by atoms with Crippen molar-refractivity contribution in [2.45, 2.75) is 51.4 Å². The molecule has 8 nitrogen and oxygen atoms in total. The Hall–Kier alpha value is -3.52. The molecule has 3 heterocycles. The molecule has 9 heteroatoms. The van der Waals surface area contributed by atoms with E-state index in [9.17, 15) is 14.4 Å². The number of likely N-dealkylation sites (tertiary alicyclic amines) is 1. The number of para-hydroxylation sites is 1. The average Bonchev–Trinajstić information content (AvgIpc) is 3.15. The van der Waals surface area contributed by atoms with Crippen LogP contribution in [0.5, 0.6) is 0 Å². The molecule has 188 valence electrons. The van der Waals surface area contributed by atoms with Gasteiger partial charge in [-0.25, -0.2) is 4.79 Å². The van der Waals surface area contributed by atoms with Crippen molar-refractivity contribution in [1.29, 1.82) is 0 Å². The summed E-state index contributed by atoms with van der Waals surface area (Å²) in [6, 6.07) is 12.9. The highest BCUT2D eigenvalue weighted by Gasteiger charge is 2.45. The number of aromatic nitrogens is 1. The summed E-state index contributed by atoms with van der Waals surface area (Å²) in [6.45, 7) is 6.24. The third-order valence-corrected chi connectivity index (χ3v) is 6.83. The number of benzene rings is 2. The standard InChI is InChI=1S/C27H28ClN3O5/c1-26(2,3)35-23(32)16-31-15-19(18-9-8-17(28)14-22(18)31)24(33)30-12-10-27(11-13-30)20-6-4-5-7-21(20)29-25(34)36-27/h4-9,14-15H,10-13,16H2,1-3H3,(H,29,34). The Balaban J connectivity index is 1.40. The maximum absolute atomic E-state index is 13.7. The van der Waals surface area contributed by atoms with Gasteiger partial charge in [0, 0.05) is 48.1 Å². The fourth-order valence-corrected chi connectivity index (χ4v) is 5.22. The summed E-state index contributed by atoms with van der Waals surface area (Å²) < 4.78 is 13.0. The van der Waals surface area contributed by atoms with Gasteiger partial charge >= 0.3 is 12.1 Å². The van der Waals surface area contributed by atoms with E-state index in [1.54, 1.807) is 33.9 Å². The number of nitrogens with one attached hydrogen (secondary N) is 1. The number of nitrogens with zero attached hydrogens (tertiary/aromatic N) is 2. The number of rotatable bonds is 3. The highest BCUT2D eigenvalue weighted by Crippen LogP contribution is 2.43. The van der Waals surface area contributed by atoms with Crippen molar-refractivity contribution in [3.63, 3.8) is 0 Å². The Kier molecular flexibility index (Phi) is 5.95. The summed E-state index contributed by atoms with van der Waals surface area (Å²) in [5.74, 6) is -0.543. The predicted octanol–water partition coefficient (Wildman–Crippen LogP) is 5.33. The monoisotopic (exact) mass is 509 g/mol. The van der Waals surface area contributed by atoms with E-state index in [2.05, 4.69) is 5.32 Å². The van der Waals surface area contributed by atoms with E-state index in [4.69, 9.17) is 21.1 Å². The molecule has 1 saturated heterocycles. The number of amides is 2. The molecule has 0 unspecified atom stereocenters. The van der Waals surface area contributed by atoms with Gasteiger partial charge in [0.05, 0.1) is 16.8 Å². The Labute approximate surface area is 214 Å². The Morgan fingerprint density at radius 3 is 2.58 bits per heavy atom. The zero-order valence-corrected chi connectivity index (χ0v) is 21.2. The second-order valence-electron chi connectivity index (χ2n) is 10.3. The van der Waals surface area contributed by atoms with E-state index < -0.39 is 23.3 Å². The topological polar surface area (TPSA) is 89.9 Å². The summed E-state index contributed by atoms with van der Waals surface area (Å²) in [5.41, 5.74) is 1.48. The first-order valence-electron chi connectivity index (χ1n) is 11.9. The lowest BCUT2D eigenvalue weighted by atomic mass is 9.82. The molecule has 2 amide bonds. The average molecular weight is 510 g/mol. The first kappa shape index (κ1) is 24.2. The van der Waals surface area contributed by atoms with E-state index in [0.717, 1.165) is 11.3 Å². The third-order valence-electron chi connectivity index (χ3n) is 6.60. The SMILES string of the molecule is CC(C)(C)OC(=O)Cn1cc(C(=O)N2CCC3(CC2)OC(=O)Nc2ccccc23)c2ccc(Cl)cc21. The smallest absolute Gasteiger partial charge is 0.412 e. The lowest BCUT2D eigenvalue weighted by molar-refractivity contribution is -0.155. The van der Waals surface area contributed by atoms with Gasteiger partial charge in [-0.15, -0.1) is 0 Å². The molecular formula is C27H28ClN3O5. The highest BCUT2D eigenvalue weighted by molar-refractivity contribution is 6.31. The lowest BCUT2D eigenvalue weighted by Crippen LogP contribution is -2.49. The molecule has 0 saturated carbocycles. The summed E-state index contributed by atoms with van der Waals surface area (Å²) in [4.78, 5) is 40.2. The maximum atomic E-state index is 13.7. The summed E-state index contributed by atoms with van der Waals surface area (Å²) in [7, 11) is 0. The number of carbonyl (C=O) groups excluding carboxylic acids is 3. The van der Waals surface area contributed by atoms with Crippen LogP contribution in [0.1, 0.15) is 49.5 Å². The van der Waals surface area contributed by atoms with Crippen LogP contribution < -0.4 is 5.32 Å². The Morgan fingerprint density at radius 1 is 1.14 bits per heavy atom. The van der Waals surface area contributed by atoms with E-state index in [-0.39, 0.29) is 12.5 Å². The van der Waals surface area contributed by atoms with E-state index in [1.807, 2.05) is 45.0 Å². The van der Waals surface area contributed by atoms with Crippen molar-refractivity contribution >= 4 is 46.2 Å². The van der Waals surface area contributed by atoms with Gasteiger partial charge in [-0.1, -0.05) is 35.9 Å². The quantitative estimate of drug-likeness (QED) is 0.482. The van der Waals surface area contributed by atoms with E-state index in [0.29, 0.717) is 47.4 Å². The minimum absolute atomic E-state index is 0.0375. The fourth-order valence-electron chi connectivity index (χ4n) is 5.05. The van der Waals surface area contributed by atoms with E-state index >= 15 is 0 Å². The van der Waals surface area contributed by atoms with Crippen LogP contribution >= 0.6 is 11.6 Å². The summed E-state index contributed by atoms with van der Waals surface area (Å²) in [6.07, 6.45) is 2.20. The van der Waals surface area contributed by atoms with Crippen LogP contribution in [0.4, 0.5) is 10.5 Å². The van der Waals surface area contributed by atoms with Crippen molar-refractivity contribution in [3.05, 3.63) is 64.8 Å². The van der Waals surface area contributed by atoms with Gasteiger partial charge in [0.1, 0.15) is 17.7 Å². The normalized spacial score (nSPS) is 16.9. The summed E-state index contributed by atoms with van der Waals surface area (Å²) >= 11 is 6.24. The number of hydrogen-bond donors (Lipinski definition) is 1. The molecular weight excluding hydrogens is 482 g/mol. The zero-order valence-electron chi connectivity index (χ0n) is 20.5. The molecule has 3 aromatic rings. The molecule has 0 bridgehead atoms. The predicted molar refractivity (Wildman–Crippen MR) is 136 cm³/mol. The molecule has 0 atom stereocenters. The van der Waals surface area contributed by atoms with Gasteiger partial charge in [-0.2, -0.15) is 0 Å². The Morgan fingerprint density at radius 2 is 1.86 bits per heavy atom. The van der Waals surface area contributed by atoms with Crippen molar-refractivity contribution in [3.8, 4) is 0 Å². The van der Waals surface area contributed by atoms with Gasteiger partial charge in [0.25, 0.3) is 5.91 Å². The van der Waals surface area contributed by atoms with Crippen LogP contribution in [0.15, 0.2) is 48.7 Å². The van der Waals surface area contributed by atoms with Crippen molar-refractivity contribution in [1.82, 2.24) is 9.47 Å². The number of hydrogen-bond acceptors (Lipinski definition) is 5. The molecule has 36 heavy (non-hydrogen) atoms. The molecule has 2 aliphatic heterocycles. The maximum Gasteiger partial charge on any atom is 0.412 e. The van der Waals surface area contributed by atoms with Crippen LogP contribution in [-0.2, 0) is 26.4 Å². The third kappa shape index (κ3) is 4.53. The molecule has 0 aliphatic carbocycles. The molecule has 1 N–H and O–H groups in total. The summed E-state index contributed by atoms with van der Waals surface area (Å²) in [5, 5.41) is 3.98. The number of piperidine rings is 1. The number of esters is 1.